The van der Waals surface area contributed by atoms with Crippen LogP contribution in [0.3, 0.4) is 0 Å². The molecule has 0 saturated carbocycles. The van der Waals surface area contributed by atoms with Gasteiger partial charge in [-0.1, -0.05) is 6.07 Å². The number of nitrogens with two attached hydrogens (primary N) is 1. The number of nitrogens with zero attached hydrogens (tertiary/aromatic N) is 3. The van der Waals surface area contributed by atoms with Crippen LogP contribution in [0.1, 0.15) is 25.8 Å². The molecule has 0 spiro atoms. The number of benzene rings is 1. The number of hydrogen-bond donors (Lipinski definition) is 2. The Hall–Kier alpha value is -1.96. The molecule has 8 heteroatoms. The second-order valence-electron chi connectivity index (χ2n) is 6.80. The van der Waals surface area contributed by atoms with Crippen molar-refractivity contribution < 1.29 is 13.2 Å². The minimum Gasteiger partial charge on any atom is -0.370 e. The van der Waals surface area contributed by atoms with Gasteiger partial charge in [-0.25, -0.2) is 0 Å². The van der Waals surface area contributed by atoms with E-state index < -0.39 is 11.7 Å². The highest BCUT2D eigenvalue weighted by Gasteiger charge is 2.31. The lowest BCUT2D eigenvalue weighted by Gasteiger charge is -2.36. The molecule has 0 bridgehead atoms. The van der Waals surface area contributed by atoms with Gasteiger partial charge in [0.15, 0.2) is 5.96 Å². The molecule has 1 aromatic carbocycles. The Bertz CT molecular complexity index is 593. The molecule has 1 aliphatic rings. The summed E-state index contributed by atoms with van der Waals surface area (Å²) < 4.78 is 38.5. The van der Waals surface area contributed by atoms with Crippen LogP contribution in [0.15, 0.2) is 29.3 Å². The van der Waals surface area contributed by atoms with Gasteiger partial charge >= 0.3 is 6.18 Å². The number of alkyl halides is 3. The van der Waals surface area contributed by atoms with Gasteiger partial charge in [-0.3, -0.25) is 9.89 Å². The molecule has 0 aliphatic carbocycles. The van der Waals surface area contributed by atoms with E-state index in [9.17, 15) is 13.2 Å². The zero-order valence-corrected chi connectivity index (χ0v) is 15.4. The predicted molar refractivity (Wildman–Crippen MR) is 99.5 cm³/mol. The molecule has 0 aromatic heterocycles. The molecule has 146 valence electrons. The van der Waals surface area contributed by atoms with Crippen LogP contribution in [-0.2, 0) is 6.18 Å². The number of halogens is 3. The van der Waals surface area contributed by atoms with Crippen LogP contribution in [0, 0.1) is 0 Å². The van der Waals surface area contributed by atoms with Crippen LogP contribution in [0.2, 0.25) is 0 Å². The maximum absolute atomic E-state index is 12.8. The quantitative estimate of drug-likeness (QED) is 0.458. The third kappa shape index (κ3) is 6.40. The molecule has 1 aromatic rings. The fourth-order valence-electron chi connectivity index (χ4n) is 2.94. The summed E-state index contributed by atoms with van der Waals surface area (Å²) in [4.78, 5) is 8.60. The molecule has 1 fully saturated rings. The number of anilines is 1. The highest BCUT2D eigenvalue weighted by molar-refractivity contribution is 5.78. The van der Waals surface area contributed by atoms with Crippen LogP contribution in [0.4, 0.5) is 18.9 Å². The zero-order chi connectivity index (χ0) is 19.2. The third-order valence-electron chi connectivity index (χ3n) is 4.26. The lowest BCUT2D eigenvalue weighted by Crippen LogP contribution is -2.46. The van der Waals surface area contributed by atoms with E-state index in [0.29, 0.717) is 18.2 Å². The van der Waals surface area contributed by atoms with Crippen molar-refractivity contribution in [2.75, 3.05) is 44.2 Å². The van der Waals surface area contributed by atoms with E-state index in [0.717, 1.165) is 45.2 Å². The van der Waals surface area contributed by atoms with Gasteiger partial charge in [-0.15, -0.1) is 0 Å². The van der Waals surface area contributed by atoms with E-state index in [1.807, 2.05) is 18.7 Å². The number of rotatable bonds is 6. The van der Waals surface area contributed by atoms with Crippen molar-refractivity contribution in [1.82, 2.24) is 10.2 Å². The average molecular weight is 371 g/mol. The monoisotopic (exact) mass is 371 g/mol. The number of nitrogens with one attached hydrogen (secondary N) is 1. The lowest BCUT2D eigenvalue weighted by molar-refractivity contribution is -0.137. The van der Waals surface area contributed by atoms with Crippen molar-refractivity contribution in [2.45, 2.75) is 32.5 Å². The molecule has 2 rings (SSSR count). The van der Waals surface area contributed by atoms with Crippen molar-refractivity contribution in [3.63, 3.8) is 0 Å². The Balaban J connectivity index is 1.76. The maximum atomic E-state index is 12.8. The molecule has 0 radical (unpaired) electrons. The summed E-state index contributed by atoms with van der Waals surface area (Å²) in [6.07, 6.45) is -3.39. The summed E-state index contributed by atoms with van der Waals surface area (Å²) in [6, 6.07) is 5.82. The van der Waals surface area contributed by atoms with Gasteiger partial charge in [-0.2, -0.15) is 13.2 Å². The van der Waals surface area contributed by atoms with Crippen LogP contribution < -0.4 is 16.0 Å². The Labute approximate surface area is 153 Å². The molecule has 1 aliphatic heterocycles. The minimum absolute atomic E-state index is 0.266. The Morgan fingerprint density at radius 3 is 2.54 bits per heavy atom. The maximum Gasteiger partial charge on any atom is 0.416 e. The Morgan fingerprint density at radius 1 is 1.23 bits per heavy atom. The molecule has 1 heterocycles. The molecular formula is C18H28F3N5. The van der Waals surface area contributed by atoms with Crippen molar-refractivity contribution >= 4 is 11.6 Å². The fraction of sp³-hybridized carbons (Fsp3) is 0.611. The SMILES string of the molecule is CC(C)NC(N)=NCCCN1CCN(c2cccc(C(F)(F)F)c2)CC1. The van der Waals surface area contributed by atoms with E-state index in [1.54, 1.807) is 6.07 Å². The highest BCUT2D eigenvalue weighted by Crippen LogP contribution is 2.31. The van der Waals surface area contributed by atoms with Gasteiger partial charge in [-0.05, 0) is 38.5 Å². The summed E-state index contributed by atoms with van der Waals surface area (Å²) in [7, 11) is 0. The van der Waals surface area contributed by atoms with Crippen LogP contribution in [0.25, 0.3) is 0 Å². The minimum atomic E-state index is -4.30. The standard InChI is InChI=1S/C18H28F3N5/c1-14(2)24-17(22)23-7-4-8-25-9-11-26(12-10-25)16-6-3-5-15(13-16)18(19,20)21/h3,5-6,13-14H,4,7-12H2,1-2H3,(H3,22,23,24). The van der Waals surface area contributed by atoms with E-state index >= 15 is 0 Å². The first kappa shape index (κ1) is 20.4. The van der Waals surface area contributed by atoms with Gasteiger partial charge in [0.05, 0.1) is 5.56 Å². The average Bonchev–Trinajstić information content (AvgIpc) is 2.58. The van der Waals surface area contributed by atoms with Gasteiger partial charge in [0, 0.05) is 51.0 Å². The molecule has 3 N–H and O–H groups in total. The molecule has 0 amide bonds. The van der Waals surface area contributed by atoms with Crippen molar-refractivity contribution in [3.8, 4) is 0 Å². The van der Waals surface area contributed by atoms with Crippen LogP contribution in [-0.4, -0.2) is 56.2 Å². The fourth-order valence-corrected chi connectivity index (χ4v) is 2.94. The topological polar surface area (TPSA) is 56.9 Å². The normalized spacial score (nSPS) is 17.0. The predicted octanol–water partition coefficient (Wildman–Crippen LogP) is 2.53. The van der Waals surface area contributed by atoms with Crippen molar-refractivity contribution in [3.05, 3.63) is 29.8 Å². The van der Waals surface area contributed by atoms with Gasteiger partial charge < -0.3 is 16.0 Å². The van der Waals surface area contributed by atoms with Crippen LogP contribution in [0.5, 0.6) is 0 Å². The number of hydrogen-bond acceptors (Lipinski definition) is 3. The van der Waals surface area contributed by atoms with E-state index in [4.69, 9.17) is 5.73 Å². The second-order valence-corrected chi connectivity index (χ2v) is 6.80. The molecule has 0 unspecified atom stereocenters. The van der Waals surface area contributed by atoms with Crippen molar-refractivity contribution in [2.24, 2.45) is 10.7 Å². The van der Waals surface area contributed by atoms with Gasteiger partial charge in [0.25, 0.3) is 0 Å². The Kier molecular flexibility index (Phi) is 7.14. The van der Waals surface area contributed by atoms with E-state index in [2.05, 4.69) is 15.2 Å². The first-order valence-corrected chi connectivity index (χ1v) is 8.96. The highest BCUT2D eigenvalue weighted by atomic mass is 19.4. The summed E-state index contributed by atoms with van der Waals surface area (Å²) in [5.41, 5.74) is 5.80. The molecule has 5 nitrogen and oxygen atoms in total. The molecule has 1 saturated heterocycles. The zero-order valence-electron chi connectivity index (χ0n) is 15.4. The summed E-state index contributed by atoms with van der Waals surface area (Å²) in [5.74, 6) is 0.467. The van der Waals surface area contributed by atoms with E-state index in [1.165, 1.54) is 12.1 Å². The molecular weight excluding hydrogens is 343 g/mol. The second kappa shape index (κ2) is 9.12. The Morgan fingerprint density at radius 2 is 1.92 bits per heavy atom. The number of aliphatic imine (C=N–C) groups is 1. The van der Waals surface area contributed by atoms with Gasteiger partial charge in [0.1, 0.15) is 0 Å². The summed E-state index contributed by atoms with van der Waals surface area (Å²) in [5, 5.41) is 3.05. The number of piperazine rings is 1. The van der Waals surface area contributed by atoms with Crippen molar-refractivity contribution in [1.29, 1.82) is 0 Å². The largest absolute Gasteiger partial charge is 0.416 e. The van der Waals surface area contributed by atoms with E-state index in [-0.39, 0.29) is 6.04 Å². The lowest BCUT2D eigenvalue weighted by atomic mass is 10.1. The molecule has 0 atom stereocenters. The smallest absolute Gasteiger partial charge is 0.370 e. The molecule has 26 heavy (non-hydrogen) atoms. The van der Waals surface area contributed by atoms with Crippen LogP contribution >= 0.6 is 0 Å². The first-order chi connectivity index (χ1) is 12.3. The summed E-state index contributed by atoms with van der Waals surface area (Å²) in [6.45, 7) is 8.70. The third-order valence-corrected chi connectivity index (χ3v) is 4.26. The number of guanidine groups is 1. The first-order valence-electron chi connectivity index (χ1n) is 8.96. The summed E-state index contributed by atoms with van der Waals surface area (Å²) >= 11 is 0. The van der Waals surface area contributed by atoms with Gasteiger partial charge in [0.2, 0.25) is 0 Å².